The van der Waals surface area contributed by atoms with Crippen LogP contribution in [0.3, 0.4) is 0 Å². The summed E-state index contributed by atoms with van der Waals surface area (Å²) in [6.07, 6.45) is 2.71. The molecule has 7 heteroatoms. The van der Waals surface area contributed by atoms with E-state index < -0.39 is 0 Å². The maximum absolute atomic E-state index is 12.6. The summed E-state index contributed by atoms with van der Waals surface area (Å²) in [6, 6.07) is 15.7. The number of nitrogens with zero attached hydrogens (tertiary/aromatic N) is 2. The second kappa shape index (κ2) is 10.2. The molecule has 0 radical (unpaired) electrons. The van der Waals surface area contributed by atoms with Crippen molar-refractivity contribution < 1.29 is 9.53 Å². The first-order valence-corrected chi connectivity index (χ1v) is 11.0. The molecule has 0 spiro atoms. The molecule has 0 unspecified atom stereocenters. The highest BCUT2D eigenvalue weighted by Gasteiger charge is 2.14. The number of anilines is 1. The molecule has 2 aromatic carbocycles. The Morgan fingerprint density at radius 2 is 1.89 bits per heavy atom. The van der Waals surface area contributed by atoms with Crippen LogP contribution in [0.1, 0.15) is 34.3 Å². The van der Waals surface area contributed by atoms with Crippen molar-refractivity contribution in [3.05, 3.63) is 64.7 Å². The van der Waals surface area contributed by atoms with Gasteiger partial charge in [0, 0.05) is 11.3 Å². The molecule has 1 amide bonds. The topological polar surface area (TPSA) is 64.1 Å². The highest BCUT2D eigenvalue weighted by atomic mass is 32.2. The van der Waals surface area contributed by atoms with Crippen LogP contribution < -0.4 is 10.1 Å². The summed E-state index contributed by atoms with van der Waals surface area (Å²) in [6.45, 7) is 2.13. The Bertz CT molecular complexity index is 910. The molecule has 3 rings (SSSR count). The number of hydrogen-bond acceptors (Lipinski definition) is 6. The minimum atomic E-state index is -0.142. The molecule has 0 saturated carbocycles. The first-order chi connectivity index (χ1) is 13.7. The van der Waals surface area contributed by atoms with Gasteiger partial charge < -0.3 is 4.74 Å². The summed E-state index contributed by atoms with van der Waals surface area (Å²) < 4.78 is 5.18. The molecular weight excluding hydrogens is 390 g/mol. The first kappa shape index (κ1) is 20.4. The van der Waals surface area contributed by atoms with Crippen molar-refractivity contribution in [1.29, 1.82) is 0 Å². The first-order valence-electron chi connectivity index (χ1n) is 9.18. The van der Waals surface area contributed by atoms with Gasteiger partial charge in [-0.15, -0.1) is 22.0 Å². The van der Waals surface area contributed by atoms with Crippen LogP contribution in [-0.2, 0) is 12.8 Å². The third kappa shape index (κ3) is 5.56. The summed E-state index contributed by atoms with van der Waals surface area (Å²) in [5, 5.41) is 12.7. The molecule has 3 aromatic rings. The van der Waals surface area contributed by atoms with E-state index in [1.807, 2.05) is 48.5 Å². The van der Waals surface area contributed by atoms with Gasteiger partial charge in [0.15, 0.2) is 0 Å². The number of methoxy groups -OCH3 is 1. The smallest absolute Gasteiger partial charge is 0.258 e. The molecule has 0 aliphatic rings. The number of thioether (sulfide) groups is 1. The van der Waals surface area contributed by atoms with Crippen molar-refractivity contribution >= 4 is 34.1 Å². The van der Waals surface area contributed by atoms with Gasteiger partial charge in [-0.3, -0.25) is 10.1 Å². The van der Waals surface area contributed by atoms with Crippen LogP contribution in [0.2, 0.25) is 0 Å². The van der Waals surface area contributed by atoms with Crippen LogP contribution in [0.25, 0.3) is 0 Å². The van der Waals surface area contributed by atoms with E-state index in [-0.39, 0.29) is 5.91 Å². The second-order valence-corrected chi connectivity index (χ2v) is 8.35. The van der Waals surface area contributed by atoms with Crippen LogP contribution in [0, 0.1) is 0 Å². The Morgan fingerprint density at radius 1 is 1.11 bits per heavy atom. The van der Waals surface area contributed by atoms with Crippen LogP contribution in [0.15, 0.2) is 53.4 Å². The summed E-state index contributed by atoms with van der Waals surface area (Å²) in [4.78, 5) is 13.6. The van der Waals surface area contributed by atoms with Crippen molar-refractivity contribution in [3.63, 3.8) is 0 Å². The quantitative estimate of drug-likeness (QED) is 0.495. The molecule has 28 heavy (non-hydrogen) atoms. The summed E-state index contributed by atoms with van der Waals surface area (Å²) in [5.74, 6) is 1.69. The van der Waals surface area contributed by atoms with E-state index in [9.17, 15) is 4.79 Å². The monoisotopic (exact) mass is 413 g/mol. The van der Waals surface area contributed by atoms with Crippen molar-refractivity contribution in [2.24, 2.45) is 0 Å². The minimum absolute atomic E-state index is 0.142. The van der Waals surface area contributed by atoms with Gasteiger partial charge in [0.25, 0.3) is 5.91 Å². The zero-order valence-electron chi connectivity index (χ0n) is 16.0. The van der Waals surface area contributed by atoms with E-state index in [4.69, 9.17) is 4.74 Å². The summed E-state index contributed by atoms with van der Waals surface area (Å²) >= 11 is 3.12. The van der Waals surface area contributed by atoms with E-state index in [1.165, 1.54) is 16.9 Å². The van der Waals surface area contributed by atoms with E-state index in [2.05, 4.69) is 22.4 Å². The average Bonchev–Trinajstić information content (AvgIpc) is 3.18. The zero-order valence-corrected chi connectivity index (χ0v) is 17.6. The number of amides is 1. The van der Waals surface area contributed by atoms with Crippen molar-refractivity contribution in [2.45, 2.75) is 31.1 Å². The third-order valence-electron chi connectivity index (χ3n) is 4.07. The van der Waals surface area contributed by atoms with Crippen LogP contribution in [-0.4, -0.2) is 29.0 Å². The molecule has 0 bridgehead atoms. The molecule has 1 N–H and O–H groups in total. The number of carbonyl (C=O) groups is 1. The van der Waals surface area contributed by atoms with Gasteiger partial charge in [-0.1, -0.05) is 42.5 Å². The fourth-order valence-electron chi connectivity index (χ4n) is 2.61. The number of nitrogens with one attached hydrogen (secondary N) is 1. The van der Waals surface area contributed by atoms with Gasteiger partial charge in [0.1, 0.15) is 10.8 Å². The molecule has 0 aliphatic heterocycles. The lowest BCUT2D eigenvalue weighted by molar-refractivity contribution is 0.102. The second-order valence-electron chi connectivity index (χ2n) is 6.15. The number of hydrogen-bond donors (Lipinski definition) is 1. The largest absolute Gasteiger partial charge is 0.497 e. The SMILES string of the molecule is CCCSc1ccccc1C(=O)Nc1nnc(CCc2ccc(OC)cc2)s1. The zero-order chi connectivity index (χ0) is 19.8. The van der Waals surface area contributed by atoms with Gasteiger partial charge >= 0.3 is 0 Å². The Labute approximate surface area is 173 Å². The fraction of sp³-hybridized carbons (Fsp3) is 0.286. The molecule has 146 valence electrons. The Hall–Kier alpha value is -2.38. The Balaban J connectivity index is 1.59. The molecular formula is C21H23N3O2S2. The molecule has 5 nitrogen and oxygen atoms in total. The number of rotatable bonds is 9. The van der Waals surface area contributed by atoms with E-state index in [0.717, 1.165) is 40.7 Å². The maximum Gasteiger partial charge on any atom is 0.258 e. The lowest BCUT2D eigenvalue weighted by Gasteiger charge is -2.07. The van der Waals surface area contributed by atoms with E-state index in [0.29, 0.717) is 10.7 Å². The summed E-state index contributed by atoms with van der Waals surface area (Å²) in [7, 11) is 1.66. The molecule has 1 aromatic heterocycles. The molecule has 0 saturated heterocycles. The van der Waals surface area contributed by atoms with Gasteiger partial charge in [-0.2, -0.15) is 0 Å². The van der Waals surface area contributed by atoms with Crippen LogP contribution >= 0.6 is 23.1 Å². The molecule has 0 aliphatic carbocycles. The molecule has 0 atom stereocenters. The Kier molecular flexibility index (Phi) is 7.45. The molecule has 1 heterocycles. The number of benzene rings is 2. The lowest BCUT2D eigenvalue weighted by Crippen LogP contribution is -2.12. The van der Waals surface area contributed by atoms with Crippen LogP contribution in [0.4, 0.5) is 5.13 Å². The number of carbonyl (C=O) groups excluding carboxylic acids is 1. The van der Waals surface area contributed by atoms with Crippen molar-refractivity contribution in [2.75, 3.05) is 18.2 Å². The summed E-state index contributed by atoms with van der Waals surface area (Å²) in [5.41, 5.74) is 1.89. The minimum Gasteiger partial charge on any atom is -0.497 e. The number of aromatic nitrogens is 2. The predicted octanol–water partition coefficient (Wildman–Crippen LogP) is 5.09. The van der Waals surface area contributed by atoms with Gasteiger partial charge in [-0.25, -0.2) is 0 Å². The van der Waals surface area contributed by atoms with Gasteiger partial charge in [-0.05, 0) is 48.4 Å². The third-order valence-corrected chi connectivity index (χ3v) is 6.25. The normalized spacial score (nSPS) is 10.6. The Morgan fingerprint density at radius 3 is 2.64 bits per heavy atom. The van der Waals surface area contributed by atoms with Gasteiger partial charge in [0.2, 0.25) is 5.13 Å². The van der Waals surface area contributed by atoms with Crippen molar-refractivity contribution in [3.8, 4) is 5.75 Å². The average molecular weight is 414 g/mol. The van der Waals surface area contributed by atoms with E-state index >= 15 is 0 Å². The fourth-order valence-corrected chi connectivity index (χ4v) is 4.25. The number of ether oxygens (including phenoxy) is 1. The predicted molar refractivity (Wildman–Crippen MR) is 116 cm³/mol. The van der Waals surface area contributed by atoms with Gasteiger partial charge in [0.05, 0.1) is 12.7 Å². The van der Waals surface area contributed by atoms with Crippen molar-refractivity contribution in [1.82, 2.24) is 10.2 Å². The maximum atomic E-state index is 12.6. The molecule has 0 fully saturated rings. The van der Waals surface area contributed by atoms with Crippen LogP contribution in [0.5, 0.6) is 5.75 Å². The highest BCUT2D eigenvalue weighted by Crippen LogP contribution is 2.25. The van der Waals surface area contributed by atoms with E-state index in [1.54, 1.807) is 18.9 Å². The standard InChI is InChI=1S/C21H23N3O2S2/c1-3-14-27-18-7-5-4-6-17(18)20(25)22-21-24-23-19(28-21)13-10-15-8-11-16(26-2)12-9-15/h4-9,11-12H,3,10,13-14H2,1-2H3,(H,22,24,25). The number of aryl methyl sites for hydroxylation is 2. The lowest BCUT2D eigenvalue weighted by atomic mass is 10.1. The highest BCUT2D eigenvalue weighted by molar-refractivity contribution is 7.99.